The van der Waals surface area contributed by atoms with Crippen LogP contribution in [0.15, 0.2) is 0 Å². The van der Waals surface area contributed by atoms with Crippen molar-refractivity contribution in [3.05, 3.63) is 0 Å². The third-order valence-electron chi connectivity index (χ3n) is 3.14. The first-order chi connectivity index (χ1) is 7.44. The van der Waals surface area contributed by atoms with Crippen LogP contribution in [-0.4, -0.2) is 72.9 Å². The molecule has 0 bridgehead atoms. The first kappa shape index (κ1) is 13.4. The number of nitrogens with zero attached hydrogens (tertiary/aromatic N) is 2. The molecular formula is C11H22N2O3. The summed E-state index contributed by atoms with van der Waals surface area (Å²) in [4.78, 5) is 15.9. The van der Waals surface area contributed by atoms with Crippen LogP contribution in [0.5, 0.6) is 0 Å². The largest absolute Gasteiger partial charge is 0.394 e. The molecule has 0 aromatic carbocycles. The topological polar surface area (TPSA) is 53.0 Å². The van der Waals surface area contributed by atoms with Gasteiger partial charge < -0.3 is 14.7 Å². The third-order valence-corrected chi connectivity index (χ3v) is 3.14. The van der Waals surface area contributed by atoms with Gasteiger partial charge in [-0.05, 0) is 20.9 Å². The lowest BCUT2D eigenvalue weighted by molar-refractivity contribution is -0.153. The maximum absolute atomic E-state index is 12.2. The first-order valence-corrected chi connectivity index (χ1v) is 5.55. The summed E-state index contributed by atoms with van der Waals surface area (Å²) in [6.07, 6.45) is 0. The number of methoxy groups -OCH3 is 1. The molecule has 0 radical (unpaired) electrons. The fourth-order valence-electron chi connectivity index (χ4n) is 2.29. The summed E-state index contributed by atoms with van der Waals surface area (Å²) in [5.41, 5.74) is -0.212. The van der Waals surface area contributed by atoms with E-state index in [1.165, 1.54) is 0 Å². The summed E-state index contributed by atoms with van der Waals surface area (Å²) in [7, 11) is 3.49. The van der Waals surface area contributed by atoms with Crippen molar-refractivity contribution in [3.8, 4) is 0 Å². The number of likely N-dealkylation sites (N-methyl/N-ethyl adjacent to an activating group) is 1. The van der Waals surface area contributed by atoms with Crippen molar-refractivity contribution >= 4 is 5.91 Å². The Morgan fingerprint density at radius 2 is 2.19 bits per heavy atom. The van der Waals surface area contributed by atoms with Crippen LogP contribution in [-0.2, 0) is 9.53 Å². The highest BCUT2D eigenvalue weighted by atomic mass is 16.5. The smallest absolute Gasteiger partial charge is 0.242 e. The number of hydrogen-bond donors (Lipinski definition) is 1. The molecule has 1 N–H and O–H groups in total. The van der Waals surface area contributed by atoms with Crippen LogP contribution in [0.4, 0.5) is 0 Å². The number of carbonyl (C=O) groups excluding carboxylic acids is 1. The number of rotatable bonds is 4. The van der Waals surface area contributed by atoms with Crippen molar-refractivity contribution in [2.45, 2.75) is 25.4 Å². The van der Waals surface area contributed by atoms with E-state index in [2.05, 4.69) is 0 Å². The van der Waals surface area contributed by atoms with E-state index in [9.17, 15) is 9.90 Å². The molecule has 1 rings (SSSR count). The molecule has 0 spiro atoms. The summed E-state index contributed by atoms with van der Waals surface area (Å²) < 4.78 is 5.01. The van der Waals surface area contributed by atoms with Gasteiger partial charge in [0.15, 0.2) is 0 Å². The maximum atomic E-state index is 12.2. The van der Waals surface area contributed by atoms with Crippen LogP contribution < -0.4 is 0 Å². The van der Waals surface area contributed by atoms with Crippen molar-refractivity contribution in [1.82, 2.24) is 9.80 Å². The highest BCUT2D eigenvalue weighted by Gasteiger charge is 2.42. The molecular weight excluding hydrogens is 208 g/mol. The van der Waals surface area contributed by atoms with Gasteiger partial charge in [0.2, 0.25) is 5.91 Å². The van der Waals surface area contributed by atoms with Gasteiger partial charge in [-0.3, -0.25) is 9.69 Å². The Bertz CT molecular complexity index is 256. The minimum atomic E-state index is -0.412. The number of hydrogen-bond acceptors (Lipinski definition) is 4. The van der Waals surface area contributed by atoms with Gasteiger partial charge in [0.05, 0.1) is 18.8 Å². The Kier molecular flexibility index (Phi) is 4.29. The van der Waals surface area contributed by atoms with Gasteiger partial charge in [0, 0.05) is 20.2 Å². The van der Waals surface area contributed by atoms with Crippen molar-refractivity contribution in [3.63, 3.8) is 0 Å². The van der Waals surface area contributed by atoms with Gasteiger partial charge >= 0.3 is 0 Å². The van der Waals surface area contributed by atoms with Crippen LogP contribution in [0.3, 0.4) is 0 Å². The molecule has 94 valence electrons. The van der Waals surface area contributed by atoms with Gasteiger partial charge in [-0.15, -0.1) is 0 Å². The SMILES string of the molecule is COCCN1C(=O)C(CO)N(C)CC1(C)C. The normalized spacial score (nSPS) is 26.2. The van der Waals surface area contributed by atoms with E-state index in [1.807, 2.05) is 25.8 Å². The summed E-state index contributed by atoms with van der Waals surface area (Å²) >= 11 is 0. The second kappa shape index (κ2) is 5.12. The lowest BCUT2D eigenvalue weighted by atomic mass is 9.95. The summed E-state index contributed by atoms with van der Waals surface area (Å²) in [5.74, 6) is -0.0155. The predicted molar refractivity (Wildman–Crippen MR) is 61.2 cm³/mol. The molecule has 5 heteroatoms. The van der Waals surface area contributed by atoms with Gasteiger partial charge in [-0.2, -0.15) is 0 Å². The monoisotopic (exact) mass is 230 g/mol. The molecule has 1 aliphatic rings. The molecule has 1 fully saturated rings. The lowest BCUT2D eigenvalue weighted by Crippen LogP contribution is -2.66. The number of aliphatic hydroxyl groups is 1. The summed E-state index contributed by atoms with van der Waals surface area (Å²) in [6.45, 7) is 5.79. The van der Waals surface area contributed by atoms with Gasteiger partial charge in [0.1, 0.15) is 6.04 Å². The van der Waals surface area contributed by atoms with Gasteiger partial charge in [0.25, 0.3) is 0 Å². The minimum Gasteiger partial charge on any atom is -0.394 e. The summed E-state index contributed by atoms with van der Waals surface area (Å²) in [5, 5.41) is 9.22. The maximum Gasteiger partial charge on any atom is 0.242 e. The van der Waals surface area contributed by atoms with Crippen molar-refractivity contribution in [2.24, 2.45) is 0 Å². The number of amides is 1. The molecule has 0 aromatic heterocycles. The molecule has 0 aromatic rings. The predicted octanol–water partition coefficient (Wildman–Crippen LogP) is -0.454. The van der Waals surface area contributed by atoms with Crippen LogP contribution in [0, 0.1) is 0 Å². The van der Waals surface area contributed by atoms with E-state index in [-0.39, 0.29) is 18.1 Å². The van der Waals surface area contributed by atoms with Crippen molar-refractivity contribution in [1.29, 1.82) is 0 Å². The molecule has 1 aliphatic heterocycles. The highest BCUT2D eigenvalue weighted by Crippen LogP contribution is 2.23. The zero-order chi connectivity index (χ0) is 12.3. The van der Waals surface area contributed by atoms with E-state index in [0.29, 0.717) is 13.2 Å². The Labute approximate surface area is 97.0 Å². The number of carbonyl (C=O) groups is 1. The fourth-order valence-corrected chi connectivity index (χ4v) is 2.29. The average molecular weight is 230 g/mol. The standard InChI is InChI=1S/C11H22N2O3/c1-11(2)8-12(3)9(7-14)10(15)13(11)5-6-16-4/h9,14H,5-8H2,1-4H3. The van der Waals surface area contributed by atoms with Crippen LogP contribution in [0.25, 0.3) is 0 Å². The Hall–Kier alpha value is -0.650. The molecule has 1 heterocycles. The molecule has 5 nitrogen and oxygen atoms in total. The molecule has 16 heavy (non-hydrogen) atoms. The lowest BCUT2D eigenvalue weighted by Gasteiger charge is -2.49. The number of aliphatic hydroxyl groups excluding tert-OH is 1. The molecule has 1 atom stereocenters. The second-order valence-electron chi connectivity index (χ2n) is 4.91. The molecule has 0 saturated carbocycles. The second-order valence-corrected chi connectivity index (χ2v) is 4.91. The molecule has 0 aliphatic carbocycles. The zero-order valence-electron chi connectivity index (χ0n) is 10.6. The first-order valence-electron chi connectivity index (χ1n) is 5.55. The van der Waals surface area contributed by atoms with E-state index in [4.69, 9.17) is 4.74 Å². The Morgan fingerprint density at radius 1 is 1.56 bits per heavy atom. The van der Waals surface area contributed by atoms with Gasteiger partial charge in [-0.1, -0.05) is 0 Å². The van der Waals surface area contributed by atoms with Crippen molar-refractivity contribution < 1.29 is 14.6 Å². The molecule has 1 unspecified atom stereocenters. The van der Waals surface area contributed by atoms with Crippen LogP contribution >= 0.6 is 0 Å². The van der Waals surface area contributed by atoms with Crippen molar-refractivity contribution in [2.75, 3.05) is 40.5 Å². The fraction of sp³-hybridized carbons (Fsp3) is 0.909. The number of piperazine rings is 1. The van der Waals surface area contributed by atoms with E-state index >= 15 is 0 Å². The quantitative estimate of drug-likeness (QED) is 0.710. The van der Waals surface area contributed by atoms with Crippen LogP contribution in [0.2, 0.25) is 0 Å². The van der Waals surface area contributed by atoms with E-state index < -0.39 is 6.04 Å². The number of ether oxygens (including phenoxy) is 1. The van der Waals surface area contributed by atoms with E-state index in [0.717, 1.165) is 6.54 Å². The molecule has 1 amide bonds. The average Bonchev–Trinajstić information content (AvgIpc) is 2.16. The van der Waals surface area contributed by atoms with Gasteiger partial charge in [-0.25, -0.2) is 0 Å². The van der Waals surface area contributed by atoms with E-state index in [1.54, 1.807) is 12.0 Å². The Balaban J connectivity index is 2.81. The molecule has 1 saturated heterocycles. The summed E-state index contributed by atoms with van der Waals surface area (Å²) in [6, 6.07) is -0.412. The minimum absolute atomic E-state index is 0.0155. The highest BCUT2D eigenvalue weighted by molar-refractivity contribution is 5.83. The van der Waals surface area contributed by atoms with Crippen LogP contribution in [0.1, 0.15) is 13.8 Å². The zero-order valence-corrected chi connectivity index (χ0v) is 10.6. The third kappa shape index (κ3) is 2.53. The Morgan fingerprint density at radius 3 is 2.69 bits per heavy atom.